The fourth-order valence-corrected chi connectivity index (χ4v) is 1.81. The quantitative estimate of drug-likeness (QED) is 0.875. The molecule has 1 fully saturated rings. The number of halogens is 2. The minimum absolute atomic E-state index is 0.0292. The van der Waals surface area contributed by atoms with Crippen LogP contribution in [0.1, 0.15) is 18.9 Å². The molecule has 0 aliphatic carbocycles. The first-order valence-corrected chi connectivity index (χ1v) is 5.41. The molecule has 1 aliphatic heterocycles. The molecule has 5 nitrogen and oxygen atoms in total. The Balaban J connectivity index is 2.37. The van der Waals surface area contributed by atoms with Crippen LogP contribution in [-0.4, -0.2) is 40.3 Å². The highest BCUT2D eigenvalue weighted by molar-refractivity contribution is 5.94. The monoisotopic (exact) mass is 257 g/mol. The van der Waals surface area contributed by atoms with Crippen LogP contribution in [0.3, 0.4) is 0 Å². The van der Waals surface area contributed by atoms with Gasteiger partial charge in [0.1, 0.15) is 5.82 Å². The first-order valence-electron chi connectivity index (χ1n) is 5.41. The molecule has 1 saturated heterocycles. The number of aromatic nitrogens is 1. The molecule has 7 heteroatoms. The van der Waals surface area contributed by atoms with Crippen LogP contribution < -0.4 is 4.90 Å². The number of aliphatic hydroxyl groups is 1. The molecule has 1 N–H and O–H groups in total. The molecule has 98 valence electrons. The van der Waals surface area contributed by atoms with E-state index in [1.54, 1.807) is 6.92 Å². The van der Waals surface area contributed by atoms with Crippen molar-refractivity contribution < 1.29 is 18.7 Å². The summed E-state index contributed by atoms with van der Waals surface area (Å²) in [5, 5.41) is 9.92. The number of aliphatic hydroxyl groups excluding tert-OH is 1. The molecule has 18 heavy (non-hydrogen) atoms. The first kappa shape index (κ1) is 12.7. The van der Waals surface area contributed by atoms with Crippen LogP contribution in [0.25, 0.3) is 0 Å². The lowest BCUT2D eigenvalue weighted by molar-refractivity contribution is 0.137. The van der Waals surface area contributed by atoms with Crippen molar-refractivity contribution in [3.8, 4) is 0 Å². The SMILES string of the molecule is CC1C(O)N(c2cc(C(F)F)ccn2)C(=O)N1C. The van der Waals surface area contributed by atoms with Crippen LogP contribution >= 0.6 is 0 Å². The number of urea groups is 1. The van der Waals surface area contributed by atoms with Gasteiger partial charge in [-0.25, -0.2) is 23.5 Å². The minimum Gasteiger partial charge on any atom is -0.371 e. The van der Waals surface area contributed by atoms with E-state index in [4.69, 9.17) is 0 Å². The molecule has 2 rings (SSSR count). The van der Waals surface area contributed by atoms with Crippen molar-refractivity contribution >= 4 is 11.8 Å². The molecule has 0 spiro atoms. The van der Waals surface area contributed by atoms with Crippen LogP contribution in [0, 0.1) is 0 Å². The summed E-state index contributed by atoms with van der Waals surface area (Å²) >= 11 is 0. The molecular weight excluding hydrogens is 244 g/mol. The number of amides is 2. The zero-order valence-corrected chi connectivity index (χ0v) is 9.92. The summed E-state index contributed by atoms with van der Waals surface area (Å²) in [7, 11) is 1.53. The molecule has 1 aromatic heterocycles. The summed E-state index contributed by atoms with van der Waals surface area (Å²) in [4.78, 5) is 18.1. The van der Waals surface area contributed by atoms with Gasteiger partial charge in [-0.3, -0.25) is 0 Å². The third kappa shape index (κ3) is 1.90. The van der Waals surface area contributed by atoms with E-state index in [0.29, 0.717) is 0 Å². The van der Waals surface area contributed by atoms with Crippen LogP contribution in [0.4, 0.5) is 19.4 Å². The number of hydrogen-bond donors (Lipinski definition) is 1. The number of carbonyl (C=O) groups excluding carboxylic acids is 1. The molecule has 2 unspecified atom stereocenters. The lowest BCUT2D eigenvalue weighted by Crippen LogP contribution is -2.36. The molecule has 1 aliphatic rings. The topological polar surface area (TPSA) is 56.7 Å². The van der Waals surface area contributed by atoms with Gasteiger partial charge < -0.3 is 10.0 Å². The number of nitrogens with zero attached hydrogens (tertiary/aromatic N) is 3. The van der Waals surface area contributed by atoms with Gasteiger partial charge in [0.05, 0.1) is 6.04 Å². The third-order valence-electron chi connectivity index (χ3n) is 3.08. The first-order chi connectivity index (χ1) is 8.43. The van der Waals surface area contributed by atoms with Gasteiger partial charge in [-0.15, -0.1) is 0 Å². The lowest BCUT2D eigenvalue weighted by atomic mass is 10.2. The van der Waals surface area contributed by atoms with Gasteiger partial charge in [0.2, 0.25) is 0 Å². The van der Waals surface area contributed by atoms with E-state index in [1.165, 1.54) is 24.2 Å². The van der Waals surface area contributed by atoms with Gasteiger partial charge in [0.15, 0.2) is 6.23 Å². The largest absolute Gasteiger partial charge is 0.371 e. The zero-order chi connectivity index (χ0) is 13.4. The summed E-state index contributed by atoms with van der Waals surface area (Å²) in [5.74, 6) is 0.0292. The number of rotatable bonds is 2. The maximum absolute atomic E-state index is 12.6. The smallest absolute Gasteiger partial charge is 0.328 e. The molecule has 1 aromatic rings. The number of pyridine rings is 1. The van der Waals surface area contributed by atoms with E-state index >= 15 is 0 Å². The van der Waals surface area contributed by atoms with Crippen molar-refractivity contribution in [1.29, 1.82) is 0 Å². The zero-order valence-electron chi connectivity index (χ0n) is 9.92. The number of anilines is 1. The normalized spacial score (nSPS) is 24.2. The van der Waals surface area contributed by atoms with E-state index in [0.717, 1.165) is 11.0 Å². The van der Waals surface area contributed by atoms with E-state index in [2.05, 4.69) is 4.98 Å². The van der Waals surface area contributed by atoms with Crippen LogP contribution in [0.15, 0.2) is 18.3 Å². The van der Waals surface area contributed by atoms with Crippen molar-refractivity contribution in [3.63, 3.8) is 0 Å². The minimum atomic E-state index is -2.64. The molecule has 2 heterocycles. The maximum atomic E-state index is 12.6. The molecule has 0 bridgehead atoms. The van der Waals surface area contributed by atoms with E-state index in [9.17, 15) is 18.7 Å². The Morgan fingerprint density at radius 2 is 2.17 bits per heavy atom. The number of hydrogen-bond acceptors (Lipinski definition) is 3. The second kappa shape index (κ2) is 4.49. The highest BCUT2D eigenvalue weighted by atomic mass is 19.3. The summed E-state index contributed by atoms with van der Waals surface area (Å²) < 4.78 is 25.2. The highest BCUT2D eigenvalue weighted by Gasteiger charge is 2.41. The summed E-state index contributed by atoms with van der Waals surface area (Å²) in [6.07, 6.45) is -2.54. The molecular formula is C11H13F2N3O2. The third-order valence-corrected chi connectivity index (χ3v) is 3.08. The van der Waals surface area contributed by atoms with Gasteiger partial charge in [0.25, 0.3) is 6.43 Å². The average molecular weight is 257 g/mol. The van der Waals surface area contributed by atoms with Crippen molar-refractivity contribution in [1.82, 2.24) is 9.88 Å². The van der Waals surface area contributed by atoms with Gasteiger partial charge in [0, 0.05) is 18.8 Å². The fraction of sp³-hybridized carbons (Fsp3) is 0.455. The summed E-state index contributed by atoms with van der Waals surface area (Å²) in [6, 6.07) is 1.40. The van der Waals surface area contributed by atoms with Crippen molar-refractivity contribution in [2.24, 2.45) is 0 Å². The summed E-state index contributed by atoms with van der Waals surface area (Å²) in [6.45, 7) is 1.67. The Labute approximate surface area is 103 Å². The standard InChI is InChI=1S/C11H13F2N3O2/c1-6-10(17)16(11(18)15(6)2)8-5-7(9(12)13)3-4-14-8/h3-6,9-10,17H,1-2H3. The Morgan fingerprint density at radius 1 is 1.50 bits per heavy atom. The van der Waals surface area contributed by atoms with E-state index < -0.39 is 24.7 Å². The van der Waals surface area contributed by atoms with Crippen molar-refractivity contribution in [2.75, 3.05) is 11.9 Å². The van der Waals surface area contributed by atoms with Crippen molar-refractivity contribution in [2.45, 2.75) is 25.6 Å². The Morgan fingerprint density at radius 3 is 2.67 bits per heavy atom. The van der Waals surface area contributed by atoms with Crippen molar-refractivity contribution in [3.05, 3.63) is 23.9 Å². The Kier molecular flexibility index (Phi) is 3.16. The van der Waals surface area contributed by atoms with E-state index in [1.807, 2.05) is 0 Å². The molecule has 0 radical (unpaired) electrons. The highest BCUT2D eigenvalue weighted by Crippen LogP contribution is 2.28. The second-order valence-corrected chi connectivity index (χ2v) is 4.17. The molecule has 2 amide bonds. The number of alkyl halides is 2. The van der Waals surface area contributed by atoms with Crippen LogP contribution in [0.5, 0.6) is 0 Å². The van der Waals surface area contributed by atoms with E-state index in [-0.39, 0.29) is 11.4 Å². The van der Waals surface area contributed by atoms with Gasteiger partial charge in [-0.05, 0) is 19.1 Å². The van der Waals surface area contributed by atoms with Crippen LogP contribution in [-0.2, 0) is 0 Å². The predicted octanol–water partition coefficient (Wildman–Crippen LogP) is 1.60. The molecule has 0 aromatic carbocycles. The fourth-order valence-electron chi connectivity index (χ4n) is 1.81. The van der Waals surface area contributed by atoms with Crippen LogP contribution in [0.2, 0.25) is 0 Å². The Hall–Kier alpha value is -1.76. The predicted molar refractivity (Wildman–Crippen MR) is 60.3 cm³/mol. The molecule has 2 atom stereocenters. The number of carbonyl (C=O) groups is 1. The van der Waals surface area contributed by atoms with Gasteiger partial charge in [-0.2, -0.15) is 0 Å². The second-order valence-electron chi connectivity index (χ2n) is 4.17. The summed E-state index contributed by atoms with van der Waals surface area (Å²) in [5.41, 5.74) is -0.234. The lowest BCUT2D eigenvalue weighted by Gasteiger charge is -2.19. The Bertz CT molecular complexity index is 469. The molecule has 0 saturated carbocycles. The van der Waals surface area contributed by atoms with Gasteiger partial charge >= 0.3 is 6.03 Å². The average Bonchev–Trinajstić information content (AvgIpc) is 2.54. The number of likely N-dealkylation sites (N-methyl/N-ethyl adjacent to an activating group) is 1. The van der Waals surface area contributed by atoms with Gasteiger partial charge in [-0.1, -0.05) is 0 Å². The maximum Gasteiger partial charge on any atom is 0.328 e.